The fourth-order valence-electron chi connectivity index (χ4n) is 3.37. The molecular formula is C20H22ClFN2O4S. The van der Waals surface area contributed by atoms with E-state index in [0.717, 1.165) is 17.7 Å². The summed E-state index contributed by atoms with van der Waals surface area (Å²) in [5, 5.41) is 3.42. The Labute approximate surface area is 174 Å². The number of carbonyl (C=O) groups excluding carboxylic acids is 1. The topological polar surface area (TPSA) is 75.7 Å². The van der Waals surface area contributed by atoms with Gasteiger partial charge in [-0.25, -0.2) is 12.8 Å². The smallest absolute Gasteiger partial charge is 0.246 e. The number of nitrogens with zero attached hydrogens (tertiary/aromatic N) is 1. The zero-order chi connectivity index (χ0) is 21.2. The van der Waals surface area contributed by atoms with Gasteiger partial charge >= 0.3 is 0 Å². The van der Waals surface area contributed by atoms with Crippen molar-refractivity contribution >= 4 is 33.2 Å². The Bertz CT molecular complexity index is 1030. The van der Waals surface area contributed by atoms with Crippen LogP contribution in [0, 0.1) is 18.7 Å². The molecule has 1 unspecified atom stereocenters. The maximum atomic E-state index is 13.7. The molecule has 1 aliphatic rings. The standard InChI is InChI=1S/C20H22ClFN2O4S/c1-13-10-15(21)5-7-17(13)23-20(25)14-4-3-9-24(12-14)29(26,27)19-11-16(22)6-8-18(19)28-2/h5-8,10-11,14H,3-4,9,12H2,1-2H3,(H,23,25). The SMILES string of the molecule is COc1ccc(F)cc1S(=O)(=O)N1CCCC(C(=O)Nc2ccc(Cl)cc2C)C1. The van der Waals surface area contributed by atoms with Crippen LogP contribution in [0.5, 0.6) is 5.75 Å². The van der Waals surface area contributed by atoms with Gasteiger partial charge in [-0.15, -0.1) is 0 Å². The van der Waals surface area contributed by atoms with Crippen LogP contribution < -0.4 is 10.1 Å². The van der Waals surface area contributed by atoms with Gasteiger partial charge in [-0.1, -0.05) is 11.6 Å². The number of halogens is 2. The molecule has 1 amide bonds. The Kier molecular flexibility index (Phi) is 6.45. The first kappa shape index (κ1) is 21.5. The summed E-state index contributed by atoms with van der Waals surface area (Å²) in [6.45, 7) is 2.10. The molecule has 0 saturated carbocycles. The Morgan fingerprint density at radius 3 is 2.72 bits per heavy atom. The van der Waals surface area contributed by atoms with Gasteiger partial charge in [-0.2, -0.15) is 4.31 Å². The predicted octanol–water partition coefficient (Wildman–Crippen LogP) is 3.84. The normalized spacial score (nSPS) is 17.7. The van der Waals surface area contributed by atoms with Crippen molar-refractivity contribution in [3.05, 3.63) is 52.8 Å². The van der Waals surface area contributed by atoms with E-state index in [0.29, 0.717) is 23.6 Å². The zero-order valence-electron chi connectivity index (χ0n) is 16.1. The van der Waals surface area contributed by atoms with Gasteiger partial charge < -0.3 is 10.1 Å². The number of amides is 1. The summed E-state index contributed by atoms with van der Waals surface area (Å²) >= 11 is 5.94. The molecule has 29 heavy (non-hydrogen) atoms. The van der Waals surface area contributed by atoms with Crippen LogP contribution in [0.15, 0.2) is 41.3 Å². The van der Waals surface area contributed by atoms with Gasteiger partial charge in [0.1, 0.15) is 16.5 Å². The fraction of sp³-hybridized carbons (Fsp3) is 0.350. The summed E-state index contributed by atoms with van der Waals surface area (Å²) in [6, 6.07) is 8.49. The average molecular weight is 441 g/mol. The lowest BCUT2D eigenvalue weighted by atomic mass is 9.98. The minimum atomic E-state index is -4.01. The molecule has 2 aromatic carbocycles. The van der Waals surface area contributed by atoms with Crippen molar-refractivity contribution in [3.8, 4) is 5.75 Å². The van der Waals surface area contributed by atoms with Crippen molar-refractivity contribution in [2.75, 3.05) is 25.5 Å². The molecular weight excluding hydrogens is 419 g/mol. The summed E-state index contributed by atoms with van der Waals surface area (Å²) < 4.78 is 46.1. The van der Waals surface area contributed by atoms with Gasteiger partial charge in [-0.05, 0) is 61.7 Å². The van der Waals surface area contributed by atoms with E-state index in [4.69, 9.17) is 16.3 Å². The third-order valence-electron chi connectivity index (χ3n) is 4.94. The van der Waals surface area contributed by atoms with Crippen molar-refractivity contribution in [3.63, 3.8) is 0 Å². The lowest BCUT2D eigenvalue weighted by molar-refractivity contribution is -0.120. The Morgan fingerprint density at radius 1 is 1.28 bits per heavy atom. The highest BCUT2D eigenvalue weighted by Crippen LogP contribution is 2.31. The van der Waals surface area contributed by atoms with Crippen LogP contribution in [0.4, 0.5) is 10.1 Å². The highest BCUT2D eigenvalue weighted by molar-refractivity contribution is 7.89. The molecule has 9 heteroatoms. The Morgan fingerprint density at radius 2 is 2.03 bits per heavy atom. The number of aryl methyl sites for hydroxylation is 1. The van der Waals surface area contributed by atoms with Crippen molar-refractivity contribution in [2.45, 2.75) is 24.7 Å². The van der Waals surface area contributed by atoms with E-state index in [-0.39, 0.29) is 29.6 Å². The number of hydrogen-bond acceptors (Lipinski definition) is 4. The first-order valence-electron chi connectivity index (χ1n) is 9.13. The first-order chi connectivity index (χ1) is 13.7. The second kappa shape index (κ2) is 8.69. The number of carbonyl (C=O) groups is 1. The monoisotopic (exact) mass is 440 g/mol. The fourth-order valence-corrected chi connectivity index (χ4v) is 5.29. The Hall–Kier alpha value is -2.16. The van der Waals surface area contributed by atoms with Gasteiger partial charge in [-0.3, -0.25) is 4.79 Å². The van der Waals surface area contributed by atoms with Gasteiger partial charge in [0.15, 0.2) is 0 Å². The molecule has 1 aliphatic heterocycles. The number of anilines is 1. The average Bonchev–Trinajstić information content (AvgIpc) is 2.70. The van der Waals surface area contributed by atoms with Crippen LogP contribution >= 0.6 is 11.6 Å². The molecule has 156 valence electrons. The zero-order valence-corrected chi connectivity index (χ0v) is 17.7. The van der Waals surface area contributed by atoms with Crippen molar-refractivity contribution in [2.24, 2.45) is 5.92 Å². The molecule has 0 bridgehead atoms. The van der Waals surface area contributed by atoms with Crippen molar-refractivity contribution in [1.29, 1.82) is 0 Å². The second-order valence-corrected chi connectivity index (χ2v) is 9.29. The largest absolute Gasteiger partial charge is 0.495 e. The third-order valence-corrected chi connectivity index (χ3v) is 7.07. The van der Waals surface area contributed by atoms with Gasteiger partial charge in [0, 0.05) is 23.8 Å². The van der Waals surface area contributed by atoms with Crippen molar-refractivity contribution in [1.82, 2.24) is 4.31 Å². The number of methoxy groups -OCH3 is 1. The van der Waals surface area contributed by atoms with E-state index in [9.17, 15) is 17.6 Å². The lowest BCUT2D eigenvalue weighted by Gasteiger charge is -2.31. The third kappa shape index (κ3) is 4.71. The molecule has 1 fully saturated rings. The van der Waals surface area contributed by atoms with Gasteiger partial charge in [0.2, 0.25) is 15.9 Å². The van der Waals surface area contributed by atoms with Crippen LogP contribution in [-0.4, -0.2) is 38.8 Å². The second-order valence-electron chi connectivity index (χ2n) is 6.95. The summed E-state index contributed by atoms with van der Waals surface area (Å²) in [6.07, 6.45) is 1.08. The van der Waals surface area contributed by atoms with E-state index in [1.807, 2.05) is 6.92 Å². The molecule has 0 aromatic heterocycles. The summed E-state index contributed by atoms with van der Waals surface area (Å²) in [4.78, 5) is 12.5. The summed E-state index contributed by atoms with van der Waals surface area (Å²) in [5.74, 6) is -1.39. The molecule has 1 atom stereocenters. The number of rotatable bonds is 5. The molecule has 1 N–H and O–H groups in total. The highest BCUT2D eigenvalue weighted by atomic mass is 35.5. The minimum Gasteiger partial charge on any atom is -0.495 e. The lowest BCUT2D eigenvalue weighted by Crippen LogP contribution is -2.43. The highest BCUT2D eigenvalue weighted by Gasteiger charge is 2.35. The number of hydrogen-bond donors (Lipinski definition) is 1. The Balaban J connectivity index is 1.79. The van der Waals surface area contributed by atoms with Crippen molar-refractivity contribution < 1.29 is 22.3 Å². The van der Waals surface area contributed by atoms with Gasteiger partial charge in [0.05, 0.1) is 13.0 Å². The van der Waals surface area contributed by atoms with E-state index >= 15 is 0 Å². The molecule has 0 radical (unpaired) electrons. The van der Waals surface area contributed by atoms with Crippen LogP contribution in [0.25, 0.3) is 0 Å². The van der Waals surface area contributed by atoms with E-state index in [1.54, 1.807) is 18.2 Å². The number of benzene rings is 2. The number of sulfonamides is 1. The number of nitrogens with one attached hydrogen (secondary N) is 1. The molecule has 3 rings (SSSR count). The quantitative estimate of drug-likeness (QED) is 0.766. The maximum Gasteiger partial charge on any atom is 0.246 e. The predicted molar refractivity (Wildman–Crippen MR) is 109 cm³/mol. The molecule has 1 heterocycles. The number of ether oxygens (including phenoxy) is 1. The molecule has 1 saturated heterocycles. The van der Waals surface area contributed by atoms with E-state index in [2.05, 4.69) is 5.32 Å². The molecule has 0 spiro atoms. The summed E-state index contributed by atoms with van der Waals surface area (Å²) in [7, 11) is -2.68. The number of piperidine rings is 1. The molecule has 2 aromatic rings. The molecule has 0 aliphatic carbocycles. The molecule has 6 nitrogen and oxygen atoms in total. The van der Waals surface area contributed by atoms with Crippen LogP contribution in [-0.2, 0) is 14.8 Å². The first-order valence-corrected chi connectivity index (χ1v) is 10.9. The van der Waals surface area contributed by atoms with E-state index in [1.165, 1.54) is 17.5 Å². The maximum absolute atomic E-state index is 13.7. The van der Waals surface area contributed by atoms with Crippen LogP contribution in [0.1, 0.15) is 18.4 Å². The minimum absolute atomic E-state index is 0.0144. The van der Waals surface area contributed by atoms with Gasteiger partial charge in [0.25, 0.3) is 0 Å². The van der Waals surface area contributed by atoms with Crippen LogP contribution in [0.2, 0.25) is 5.02 Å². The van der Waals surface area contributed by atoms with E-state index < -0.39 is 21.8 Å². The summed E-state index contributed by atoms with van der Waals surface area (Å²) in [5.41, 5.74) is 1.45. The van der Waals surface area contributed by atoms with Crippen LogP contribution in [0.3, 0.4) is 0 Å².